The highest BCUT2D eigenvalue weighted by Crippen LogP contribution is 2.26. The van der Waals surface area contributed by atoms with Gasteiger partial charge in [0.25, 0.3) is 0 Å². The number of hydrogen-bond donors (Lipinski definition) is 1. The molecule has 1 aliphatic rings. The van der Waals surface area contributed by atoms with Crippen LogP contribution in [0.4, 0.5) is 0 Å². The normalized spacial score (nSPS) is 20.2. The second kappa shape index (κ2) is 4.55. The number of hydrogen-bond acceptors (Lipinski definition) is 5. The van der Waals surface area contributed by atoms with Crippen LogP contribution in [-0.4, -0.2) is 41.4 Å². The number of morpholine rings is 1. The number of aryl methyl sites for hydroxylation is 1. The second-order valence-corrected chi connectivity index (χ2v) is 4.36. The first-order valence-electron chi connectivity index (χ1n) is 5.96. The molecule has 0 bridgehead atoms. The van der Waals surface area contributed by atoms with E-state index in [9.17, 15) is 0 Å². The summed E-state index contributed by atoms with van der Waals surface area (Å²) < 4.78 is 12.6. The van der Waals surface area contributed by atoms with Gasteiger partial charge in [-0.1, -0.05) is 0 Å². The third kappa shape index (κ3) is 1.83. The van der Waals surface area contributed by atoms with Crippen molar-refractivity contribution in [2.24, 2.45) is 7.05 Å². The van der Waals surface area contributed by atoms with Gasteiger partial charge < -0.3 is 19.4 Å². The molecule has 0 amide bonds. The van der Waals surface area contributed by atoms with Crippen LogP contribution in [0.2, 0.25) is 0 Å². The number of methoxy groups -OCH3 is 1. The molecule has 1 atom stereocenters. The summed E-state index contributed by atoms with van der Waals surface area (Å²) in [4.78, 5) is 8.86. The van der Waals surface area contributed by atoms with E-state index in [1.807, 2.05) is 11.6 Å². The van der Waals surface area contributed by atoms with E-state index in [0.717, 1.165) is 29.9 Å². The van der Waals surface area contributed by atoms with Crippen molar-refractivity contribution in [1.29, 1.82) is 0 Å². The lowest BCUT2D eigenvalue weighted by Crippen LogP contribution is -2.34. The molecule has 0 radical (unpaired) electrons. The first kappa shape index (κ1) is 11.4. The van der Waals surface area contributed by atoms with Crippen molar-refractivity contribution in [1.82, 2.24) is 19.9 Å². The molecular weight excluding hydrogens is 232 g/mol. The summed E-state index contributed by atoms with van der Waals surface area (Å²) in [6.45, 7) is 2.28. The van der Waals surface area contributed by atoms with Crippen LogP contribution in [0.15, 0.2) is 12.4 Å². The van der Waals surface area contributed by atoms with Gasteiger partial charge >= 0.3 is 0 Å². The molecule has 0 aliphatic carbocycles. The molecule has 96 valence electrons. The number of aromatic nitrogens is 3. The minimum Gasteiger partial charge on any atom is -0.480 e. The monoisotopic (exact) mass is 248 g/mol. The lowest BCUT2D eigenvalue weighted by atomic mass is 10.1. The Labute approximate surface area is 105 Å². The highest BCUT2D eigenvalue weighted by molar-refractivity contribution is 5.77. The van der Waals surface area contributed by atoms with Gasteiger partial charge in [0.2, 0.25) is 5.88 Å². The van der Waals surface area contributed by atoms with Gasteiger partial charge in [-0.05, 0) is 0 Å². The van der Waals surface area contributed by atoms with E-state index in [4.69, 9.17) is 9.47 Å². The topological polar surface area (TPSA) is 61.2 Å². The van der Waals surface area contributed by atoms with E-state index in [1.54, 1.807) is 13.3 Å². The summed E-state index contributed by atoms with van der Waals surface area (Å²) in [6.07, 6.45) is 3.69. The molecule has 18 heavy (non-hydrogen) atoms. The lowest BCUT2D eigenvalue weighted by molar-refractivity contribution is 0.0772. The predicted molar refractivity (Wildman–Crippen MR) is 66.6 cm³/mol. The fraction of sp³-hybridized carbons (Fsp3) is 0.500. The molecule has 0 aromatic carbocycles. The molecule has 1 unspecified atom stereocenters. The molecule has 2 aromatic heterocycles. The summed E-state index contributed by atoms with van der Waals surface area (Å²) in [7, 11) is 3.57. The Balaban J connectivity index is 2.09. The van der Waals surface area contributed by atoms with Crippen LogP contribution in [0.5, 0.6) is 5.88 Å². The maximum absolute atomic E-state index is 5.50. The van der Waals surface area contributed by atoms with Crippen molar-refractivity contribution in [2.75, 3.05) is 26.9 Å². The first-order chi connectivity index (χ1) is 8.79. The first-order valence-corrected chi connectivity index (χ1v) is 5.96. The average Bonchev–Trinajstić information content (AvgIpc) is 2.76. The molecule has 1 N–H and O–H groups in total. The molecule has 1 aliphatic heterocycles. The van der Waals surface area contributed by atoms with Crippen LogP contribution in [0, 0.1) is 0 Å². The molecule has 0 spiro atoms. The van der Waals surface area contributed by atoms with E-state index in [2.05, 4.69) is 21.5 Å². The molecule has 1 fully saturated rings. The van der Waals surface area contributed by atoms with Gasteiger partial charge in [-0.2, -0.15) is 0 Å². The fourth-order valence-corrected chi connectivity index (χ4v) is 2.27. The Hall–Kier alpha value is -1.66. The zero-order valence-corrected chi connectivity index (χ0v) is 10.5. The Morgan fingerprint density at radius 2 is 2.44 bits per heavy atom. The summed E-state index contributed by atoms with van der Waals surface area (Å²) in [5.41, 5.74) is 2.84. The van der Waals surface area contributed by atoms with Crippen LogP contribution in [0.3, 0.4) is 0 Å². The Morgan fingerprint density at radius 3 is 3.17 bits per heavy atom. The minimum atomic E-state index is 0.170. The number of fused-ring (bicyclic) bond motifs is 1. The largest absolute Gasteiger partial charge is 0.480 e. The fourth-order valence-electron chi connectivity index (χ4n) is 2.27. The van der Waals surface area contributed by atoms with Gasteiger partial charge in [-0.3, -0.25) is 0 Å². The van der Waals surface area contributed by atoms with Crippen molar-refractivity contribution in [2.45, 2.75) is 6.04 Å². The van der Waals surface area contributed by atoms with Gasteiger partial charge in [-0.15, -0.1) is 0 Å². The highest BCUT2D eigenvalue weighted by atomic mass is 16.5. The van der Waals surface area contributed by atoms with E-state index in [0.29, 0.717) is 12.5 Å². The van der Waals surface area contributed by atoms with Crippen LogP contribution in [0.1, 0.15) is 11.6 Å². The van der Waals surface area contributed by atoms with Gasteiger partial charge in [0, 0.05) is 25.4 Å². The molecule has 6 heteroatoms. The van der Waals surface area contributed by atoms with Gasteiger partial charge in [0.1, 0.15) is 5.52 Å². The average molecular weight is 248 g/mol. The quantitative estimate of drug-likeness (QED) is 0.845. The summed E-state index contributed by atoms with van der Waals surface area (Å²) in [5.74, 6) is 0.534. The van der Waals surface area contributed by atoms with Gasteiger partial charge in [-0.25, -0.2) is 9.97 Å². The number of nitrogens with one attached hydrogen (secondary N) is 1. The Morgan fingerprint density at radius 1 is 1.56 bits per heavy atom. The van der Waals surface area contributed by atoms with E-state index >= 15 is 0 Å². The van der Waals surface area contributed by atoms with Crippen LogP contribution >= 0.6 is 0 Å². The Kier molecular flexibility index (Phi) is 2.89. The smallest absolute Gasteiger partial charge is 0.232 e. The zero-order chi connectivity index (χ0) is 12.5. The van der Waals surface area contributed by atoms with Crippen molar-refractivity contribution in [3.63, 3.8) is 0 Å². The maximum Gasteiger partial charge on any atom is 0.232 e. The third-order valence-corrected chi connectivity index (χ3v) is 3.18. The van der Waals surface area contributed by atoms with E-state index in [-0.39, 0.29) is 6.04 Å². The summed E-state index contributed by atoms with van der Waals surface area (Å²) in [6, 6.07) is 0.170. The molecule has 1 saturated heterocycles. The van der Waals surface area contributed by atoms with Crippen LogP contribution in [0.25, 0.3) is 11.2 Å². The SMILES string of the molecule is COc1cnc2c(n1)c(C1COCCN1)cn2C. The number of rotatable bonds is 2. The van der Waals surface area contributed by atoms with Gasteiger partial charge in [0.05, 0.1) is 32.6 Å². The van der Waals surface area contributed by atoms with Crippen molar-refractivity contribution in [3.05, 3.63) is 18.0 Å². The summed E-state index contributed by atoms with van der Waals surface area (Å²) >= 11 is 0. The Bertz CT molecular complexity index is 560. The number of nitrogens with zero attached hydrogens (tertiary/aromatic N) is 3. The van der Waals surface area contributed by atoms with E-state index in [1.165, 1.54) is 0 Å². The number of ether oxygens (including phenoxy) is 2. The van der Waals surface area contributed by atoms with Crippen molar-refractivity contribution < 1.29 is 9.47 Å². The van der Waals surface area contributed by atoms with Crippen molar-refractivity contribution >= 4 is 11.2 Å². The predicted octanol–water partition coefficient (Wildman–Crippen LogP) is 0.638. The lowest BCUT2D eigenvalue weighted by Gasteiger charge is -2.23. The second-order valence-electron chi connectivity index (χ2n) is 4.36. The molecular formula is C12H16N4O2. The van der Waals surface area contributed by atoms with Crippen LogP contribution in [-0.2, 0) is 11.8 Å². The van der Waals surface area contributed by atoms with Gasteiger partial charge in [0.15, 0.2) is 5.65 Å². The molecule has 0 saturated carbocycles. The molecule has 3 rings (SSSR count). The molecule has 3 heterocycles. The maximum atomic E-state index is 5.50. The standard InChI is InChI=1S/C12H16N4O2/c1-16-6-8(9-7-18-4-3-13-9)11-12(16)14-5-10(15-11)17-2/h5-6,9,13H,3-4,7H2,1-2H3. The van der Waals surface area contributed by atoms with Crippen LogP contribution < -0.4 is 10.1 Å². The zero-order valence-electron chi connectivity index (χ0n) is 10.5. The molecule has 6 nitrogen and oxygen atoms in total. The van der Waals surface area contributed by atoms with E-state index < -0.39 is 0 Å². The highest BCUT2D eigenvalue weighted by Gasteiger charge is 2.21. The summed E-state index contributed by atoms with van der Waals surface area (Å²) in [5, 5.41) is 3.43. The minimum absolute atomic E-state index is 0.170. The van der Waals surface area contributed by atoms with Crippen molar-refractivity contribution in [3.8, 4) is 5.88 Å². The third-order valence-electron chi connectivity index (χ3n) is 3.18. The molecule has 2 aromatic rings.